The van der Waals surface area contributed by atoms with Gasteiger partial charge >= 0.3 is 0 Å². The number of aryl methyl sites for hydroxylation is 1. The van der Waals surface area contributed by atoms with Gasteiger partial charge in [0.2, 0.25) is 0 Å². The molecule has 0 radical (unpaired) electrons. The van der Waals surface area contributed by atoms with Crippen LogP contribution in [-0.4, -0.2) is 42.3 Å². The number of hydrogen-bond acceptors (Lipinski definition) is 5. The van der Waals surface area contributed by atoms with E-state index in [2.05, 4.69) is 10.4 Å². The molecule has 2 amide bonds. The molecule has 4 rings (SSSR count). The zero-order valence-corrected chi connectivity index (χ0v) is 14.3. The van der Waals surface area contributed by atoms with Gasteiger partial charge in [0.15, 0.2) is 4.96 Å². The average molecular weight is 354 g/mol. The normalized spacial score (nSPS) is 19.5. The van der Waals surface area contributed by atoms with Crippen LogP contribution in [0.2, 0.25) is 0 Å². The number of carbonyl (C=O) groups is 2. The fourth-order valence-corrected chi connectivity index (χ4v) is 5.47. The molecule has 2 aliphatic rings. The van der Waals surface area contributed by atoms with Crippen LogP contribution in [0.1, 0.15) is 41.9 Å². The van der Waals surface area contributed by atoms with E-state index in [1.807, 2.05) is 18.5 Å². The second-order valence-corrected chi connectivity index (χ2v) is 7.92. The maximum Gasteiger partial charge on any atom is 0.288 e. The minimum atomic E-state index is -0.259. The Hall–Kier alpha value is -1.58. The van der Waals surface area contributed by atoms with Crippen LogP contribution in [0.25, 0.3) is 4.96 Å². The molecule has 0 aromatic carbocycles. The lowest BCUT2D eigenvalue weighted by Gasteiger charge is -2.33. The molecule has 2 fully saturated rings. The molecule has 1 saturated heterocycles. The fourth-order valence-electron chi connectivity index (χ4n) is 3.33. The lowest BCUT2D eigenvalue weighted by atomic mass is 10.2. The maximum atomic E-state index is 12.7. The topological polar surface area (TPSA) is 98.2 Å². The highest BCUT2D eigenvalue weighted by molar-refractivity contribution is 8.01. The van der Waals surface area contributed by atoms with Crippen molar-refractivity contribution in [2.24, 2.45) is 0 Å². The Labute approximate surface area is 141 Å². The summed E-state index contributed by atoms with van der Waals surface area (Å²) in [5, 5.41) is 3.48. The highest BCUT2D eigenvalue weighted by Gasteiger charge is 2.49. The second-order valence-electron chi connectivity index (χ2n) is 5.71. The van der Waals surface area contributed by atoms with Gasteiger partial charge in [-0.05, 0) is 19.8 Å². The first kappa shape index (κ1) is 16.3. The number of thiazole rings is 1. The van der Waals surface area contributed by atoms with Crippen LogP contribution in [-0.2, 0) is 4.79 Å². The van der Waals surface area contributed by atoms with E-state index in [1.54, 1.807) is 21.2 Å². The number of nitrogens with zero attached hydrogens (tertiary/aromatic N) is 3. The molecule has 1 aliphatic carbocycles. The van der Waals surface area contributed by atoms with E-state index >= 15 is 0 Å². The number of carbonyl (C=O) groups excluding carboxylic acids is 2. The van der Waals surface area contributed by atoms with E-state index < -0.39 is 0 Å². The molecule has 0 bridgehead atoms. The van der Waals surface area contributed by atoms with E-state index in [0.717, 1.165) is 30.6 Å². The Morgan fingerprint density at radius 2 is 2.13 bits per heavy atom. The summed E-state index contributed by atoms with van der Waals surface area (Å²) in [6, 6.07) is 0. The molecule has 124 valence electrons. The van der Waals surface area contributed by atoms with E-state index in [9.17, 15) is 9.59 Å². The first-order chi connectivity index (χ1) is 10.6. The summed E-state index contributed by atoms with van der Waals surface area (Å²) in [6.45, 7) is 1.82. The average Bonchev–Trinajstić information content (AvgIpc) is 3.21. The lowest BCUT2D eigenvalue weighted by molar-refractivity contribution is -0.132. The largest absolute Gasteiger partial charge is 0.412 e. The van der Waals surface area contributed by atoms with Crippen molar-refractivity contribution >= 4 is 39.9 Å². The van der Waals surface area contributed by atoms with Crippen molar-refractivity contribution in [3.05, 3.63) is 23.0 Å². The number of hydrogen-bond donors (Lipinski definition) is 1. The number of fused-ring (bicyclic) bond motifs is 1. The summed E-state index contributed by atoms with van der Waals surface area (Å²) in [5.74, 6) is 0.175. The summed E-state index contributed by atoms with van der Waals surface area (Å²) in [7, 11) is 0. The zero-order chi connectivity index (χ0) is 15.3. The minimum Gasteiger partial charge on any atom is -0.412 e. The van der Waals surface area contributed by atoms with Crippen LogP contribution in [0.5, 0.6) is 0 Å². The van der Waals surface area contributed by atoms with Gasteiger partial charge in [-0.25, -0.2) is 9.99 Å². The molecule has 0 atom stereocenters. The number of hydrazine groups is 1. The van der Waals surface area contributed by atoms with E-state index in [1.165, 1.54) is 11.3 Å². The number of thioether (sulfide) groups is 1. The van der Waals surface area contributed by atoms with Crippen LogP contribution >= 0.6 is 23.1 Å². The second kappa shape index (κ2) is 5.81. The quantitative estimate of drug-likeness (QED) is 0.880. The van der Waals surface area contributed by atoms with Gasteiger partial charge in [-0.3, -0.25) is 19.4 Å². The van der Waals surface area contributed by atoms with Crippen molar-refractivity contribution in [2.45, 2.75) is 37.5 Å². The number of nitrogens with one attached hydrogen (secondary N) is 1. The Morgan fingerprint density at radius 1 is 1.39 bits per heavy atom. The third kappa shape index (κ3) is 2.43. The first-order valence-electron chi connectivity index (χ1n) is 7.31. The van der Waals surface area contributed by atoms with Gasteiger partial charge in [-0.15, -0.1) is 23.1 Å². The van der Waals surface area contributed by atoms with Crippen molar-refractivity contribution in [1.82, 2.24) is 19.8 Å². The van der Waals surface area contributed by atoms with Gasteiger partial charge in [0.25, 0.3) is 11.8 Å². The molecule has 0 unspecified atom stereocenters. The van der Waals surface area contributed by atoms with Crippen molar-refractivity contribution in [3.63, 3.8) is 0 Å². The summed E-state index contributed by atoms with van der Waals surface area (Å²) in [6.07, 6.45) is 5.94. The molecule has 3 heterocycles. The Morgan fingerprint density at radius 3 is 2.87 bits per heavy atom. The zero-order valence-electron chi connectivity index (χ0n) is 12.7. The van der Waals surface area contributed by atoms with E-state index in [4.69, 9.17) is 0 Å². The Kier molecular flexibility index (Phi) is 4.11. The molecular weight excluding hydrogens is 336 g/mol. The lowest BCUT2D eigenvalue weighted by Crippen LogP contribution is -2.53. The first-order valence-corrected chi connectivity index (χ1v) is 9.17. The maximum absolute atomic E-state index is 12.7. The van der Waals surface area contributed by atoms with Crippen molar-refractivity contribution in [2.75, 3.05) is 5.75 Å². The molecule has 1 aliphatic heterocycles. The molecule has 2 aromatic rings. The van der Waals surface area contributed by atoms with Crippen LogP contribution < -0.4 is 5.43 Å². The molecule has 7 nitrogen and oxygen atoms in total. The van der Waals surface area contributed by atoms with Gasteiger partial charge in [0.05, 0.1) is 11.4 Å². The van der Waals surface area contributed by atoms with E-state index in [-0.39, 0.29) is 22.2 Å². The Bertz CT molecular complexity index is 763. The standard InChI is InChI=1S/C14H16N4O2S2.H2O/c1-9-11(17-6-7-21-13(17)15-9)12(20)16-18-10(19)8-22-14(18)4-2-3-5-14;/h6-7H,2-5,8H2,1H3,(H,16,20);1H2. The number of rotatable bonds is 2. The van der Waals surface area contributed by atoms with Gasteiger partial charge in [0, 0.05) is 11.6 Å². The molecule has 1 spiro atoms. The van der Waals surface area contributed by atoms with Crippen molar-refractivity contribution in [1.29, 1.82) is 0 Å². The summed E-state index contributed by atoms with van der Waals surface area (Å²) in [4.78, 5) is 29.9. The van der Waals surface area contributed by atoms with E-state index in [0.29, 0.717) is 17.1 Å². The summed E-state index contributed by atoms with van der Waals surface area (Å²) in [5.41, 5.74) is 4.05. The molecular formula is C14H18N4O3S2. The number of imidazole rings is 1. The molecule has 2 aromatic heterocycles. The predicted octanol–water partition coefficient (Wildman–Crippen LogP) is 1.37. The minimum absolute atomic E-state index is 0. The Balaban J connectivity index is 0.00000156. The molecule has 23 heavy (non-hydrogen) atoms. The summed E-state index contributed by atoms with van der Waals surface area (Å²) < 4.78 is 1.78. The van der Waals surface area contributed by atoms with Gasteiger partial charge in [0.1, 0.15) is 10.6 Å². The number of aromatic nitrogens is 2. The molecule has 3 N–H and O–H groups in total. The van der Waals surface area contributed by atoms with Crippen LogP contribution in [0.15, 0.2) is 11.6 Å². The molecule has 9 heteroatoms. The number of amides is 2. The monoisotopic (exact) mass is 354 g/mol. The molecule has 1 saturated carbocycles. The van der Waals surface area contributed by atoms with Gasteiger partial charge < -0.3 is 5.48 Å². The smallest absolute Gasteiger partial charge is 0.288 e. The van der Waals surface area contributed by atoms with Gasteiger partial charge in [-0.1, -0.05) is 12.8 Å². The van der Waals surface area contributed by atoms with Crippen molar-refractivity contribution < 1.29 is 15.1 Å². The highest BCUT2D eigenvalue weighted by atomic mass is 32.2. The predicted molar refractivity (Wildman–Crippen MR) is 89.4 cm³/mol. The highest BCUT2D eigenvalue weighted by Crippen LogP contribution is 2.47. The SMILES string of the molecule is Cc1nc2sccn2c1C(=O)NN1C(=O)CSC12CCCC2.O. The fraction of sp³-hybridized carbons (Fsp3) is 0.500. The van der Waals surface area contributed by atoms with Gasteiger partial charge in [-0.2, -0.15) is 0 Å². The van der Waals surface area contributed by atoms with Crippen LogP contribution in [0, 0.1) is 6.92 Å². The summed E-state index contributed by atoms with van der Waals surface area (Å²) >= 11 is 3.15. The third-order valence-electron chi connectivity index (χ3n) is 4.37. The van der Waals surface area contributed by atoms with Crippen LogP contribution in [0.4, 0.5) is 0 Å². The third-order valence-corrected chi connectivity index (χ3v) is 6.65. The van der Waals surface area contributed by atoms with Crippen molar-refractivity contribution in [3.8, 4) is 0 Å². The van der Waals surface area contributed by atoms with Crippen LogP contribution in [0.3, 0.4) is 0 Å².